The maximum atomic E-state index is 12.8. The number of carbonyl (C=O) groups is 1. The fourth-order valence-corrected chi connectivity index (χ4v) is 4.15. The number of aryl methyl sites for hydroxylation is 1. The molecule has 3 aromatic rings. The van der Waals surface area contributed by atoms with Crippen molar-refractivity contribution in [3.8, 4) is 17.1 Å². The van der Waals surface area contributed by atoms with Gasteiger partial charge in [-0.25, -0.2) is 4.98 Å². The standard InChI is InChI=1S/C21H25ClN4O3S/c1-13-10-16(14(2)26(13)8-5-9-28-3)18(27)12-30-21-23-20(24-25-21)17-11-15(22)6-7-19(17)29-4/h6-7,10-11H,5,8-9,12H2,1-4H3,(H,23,24,25). The Morgan fingerprint density at radius 2 is 2.07 bits per heavy atom. The van der Waals surface area contributed by atoms with Crippen LogP contribution in [-0.2, 0) is 11.3 Å². The Bertz CT molecular complexity index is 1030. The Morgan fingerprint density at radius 3 is 2.80 bits per heavy atom. The molecule has 2 aromatic heterocycles. The maximum Gasteiger partial charge on any atom is 0.209 e. The summed E-state index contributed by atoms with van der Waals surface area (Å²) < 4.78 is 12.6. The number of Topliss-reactive ketones (excluding diaryl/α,β-unsaturated/α-hetero) is 1. The number of nitrogens with one attached hydrogen (secondary N) is 1. The summed E-state index contributed by atoms with van der Waals surface area (Å²) in [4.78, 5) is 17.3. The lowest BCUT2D eigenvalue weighted by molar-refractivity contribution is 0.102. The molecule has 0 radical (unpaired) electrons. The van der Waals surface area contributed by atoms with E-state index in [1.54, 1.807) is 32.4 Å². The second-order valence-corrected chi connectivity index (χ2v) is 8.18. The molecule has 0 unspecified atom stereocenters. The first-order valence-electron chi connectivity index (χ1n) is 9.52. The Morgan fingerprint density at radius 1 is 1.27 bits per heavy atom. The highest BCUT2D eigenvalue weighted by molar-refractivity contribution is 7.99. The van der Waals surface area contributed by atoms with E-state index in [0.29, 0.717) is 28.4 Å². The van der Waals surface area contributed by atoms with Crippen molar-refractivity contribution in [2.45, 2.75) is 32.0 Å². The summed E-state index contributed by atoms with van der Waals surface area (Å²) in [5.41, 5.74) is 3.51. The molecule has 0 atom stereocenters. The number of H-pyrrole nitrogens is 1. The number of methoxy groups -OCH3 is 2. The van der Waals surface area contributed by atoms with Crippen LogP contribution in [0.2, 0.25) is 5.02 Å². The molecule has 0 aliphatic carbocycles. The molecule has 160 valence electrons. The Labute approximate surface area is 185 Å². The van der Waals surface area contributed by atoms with Gasteiger partial charge in [0.05, 0.1) is 18.4 Å². The van der Waals surface area contributed by atoms with Crippen LogP contribution in [0, 0.1) is 13.8 Å². The molecular weight excluding hydrogens is 424 g/mol. The van der Waals surface area contributed by atoms with Crippen molar-refractivity contribution in [1.82, 2.24) is 19.7 Å². The van der Waals surface area contributed by atoms with Gasteiger partial charge in [-0.15, -0.1) is 5.10 Å². The number of ether oxygens (including phenoxy) is 2. The normalized spacial score (nSPS) is 11.1. The smallest absolute Gasteiger partial charge is 0.209 e. The summed E-state index contributed by atoms with van der Waals surface area (Å²) in [5, 5.41) is 8.18. The average molecular weight is 449 g/mol. The first kappa shape index (κ1) is 22.4. The van der Waals surface area contributed by atoms with Crippen molar-refractivity contribution in [2.75, 3.05) is 26.6 Å². The Balaban J connectivity index is 1.68. The van der Waals surface area contributed by atoms with Gasteiger partial charge in [0.1, 0.15) is 5.75 Å². The van der Waals surface area contributed by atoms with Gasteiger partial charge >= 0.3 is 0 Å². The van der Waals surface area contributed by atoms with E-state index in [9.17, 15) is 4.79 Å². The van der Waals surface area contributed by atoms with Crippen molar-refractivity contribution < 1.29 is 14.3 Å². The maximum absolute atomic E-state index is 12.8. The molecule has 0 aliphatic heterocycles. The molecule has 0 amide bonds. The van der Waals surface area contributed by atoms with Crippen LogP contribution in [0.15, 0.2) is 29.4 Å². The summed E-state index contributed by atoms with van der Waals surface area (Å²) in [6.07, 6.45) is 0.905. The van der Waals surface area contributed by atoms with Gasteiger partial charge in [-0.2, -0.15) is 0 Å². The first-order valence-corrected chi connectivity index (χ1v) is 10.9. The highest BCUT2D eigenvalue weighted by atomic mass is 35.5. The van der Waals surface area contributed by atoms with Crippen LogP contribution in [0.25, 0.3) is 11.4 Å². The molecule has 9 heteroatoms. The van der Waals surface area contributed by atoms with Crippen molar-refractivity contribution >= 4 is 29.1 Å². The second kappa shape index (κ2) is 10.1. The lowest BCUT2D eigenvalue weighted by Crippen LogP contribution is -2.08. The SMILES string of the molecule is COCCCn1c(C)cc(C(=O)CSc2n[nH]c(-c3cc(Cl)ccc3OC)n2)c1C. The number of hydrogen-bond acceptors (Lipinski definition) is 6. The molecule has 0 saturated carbocycles. The first-order chi connectivity index (χ1) is 14.4. The van der Waals surface area contributed by atoms with E-state index in [1.807, 2.05) is 19.9 Å². The van der Waals surface area contributed by atoms with Crippen molar-refractivity contribution in [3.63, 3.8) is 0 Å². The van der Waals surface area contributed by atoms with Gasteiger partial charge in [-0.05, 0) is 44.5 Å². The molecule has 30 heavy (non-hydrogen) atoms. The summed E-state index contributed by atoms with van der Waals surface area (Å²) >= 11 is 7.39. The average Bonchev–Trinajstić information content (AvgIpc) is 3.32. The molecule has 0 aliphatic rings. The molecule has 2 heterocycles. The molecule has 0 fully saturated rings. The number of hydrogen-bond donors (Lipinski definition) is 1. The minimum absolute atomic E-state index is 0.0535. The van der Waals surface area contributed by atoms with Gasteiger partial charge in [0.15, 0.2) is 11.6 Å². The number of rotatable bonds is 10. The van der Waals surface area contributed by atoms with E-state index < -0.39 is 0 Å². The molecule has 0 saturated heterocycles. The predicted molar refractivity (Wildman–Crippen MR) is 119 cm³/mol. The Kier molecular flexibility index (Phi) is 7.58. The number of thioether (sulfide) groups is 1. The third kappa shape index (κ3) is 5.06. The monoisotopic (exact) mass is 448 g/mol. The zero-order valence-electron chi connectivity index (χ0n) is 17.5. The fraction of sp³-hybridized carbons (Fsp3) is 0.381. The number of halogens is 1. The van der Waals surface area contributed by atoms with E-state index >= 15 is 0 Å². The van der Waals surface area contributed by atoms with Crippen LogP contribution >= 0.6 is 23.4 Å². The van der Waals surface area contributed by atoms with Crippen molar-refractivity contribution in [3.05, 3.63) is 46.2 Å². The van der Waals surface area contributed by atoms with E-state index in [-0.39, 0.29) is 11.5 Å². The molecule has 3 rings (SSSR count). The van der Waals surface area contributed by atoms with Gasteiger partial charge in [-0.1, -0.05) is 23.4 Å². The number of aromatic amines is 1. The lowest BCUT2D eigenvalue weighted by Gasteiger charge is -2.09. The van der Waals surface area contributed by atoms with Gasteiger partial charge in [0, 0.05) is 42.2 Å². The molecule has 1 aromatic carbocycles. The van der Waals surface area contributed by atoms with E-state index in [4.69, 9.17) is 21.1 Å². The molecule has 7 nitrogen and oxygen atoms in total. The Hall–Kier alpha value is -2.29. The quantitative estimate of drug-likeness (QED) is 0.278. The minimum Gasteiger partial charge on any atom is -0.496 e. The van der Waals surface area contributed by atoms with E-state index in [0.717, 1.165) is 35.5 Å². The molecular formula is C21H25ClN4O3S. The van der Waals surface area contributed by atoms with Crippen molar-refractivity contribution in [1.29, 1.82) is 0 Å². The van der Waals surface area contributed by atoms with Crippen LogP contribution in [0.1, 0.15) is 28.2 Å². The van der Waals surface area contributed by atoms with Gasteiger partial charge in [0.2, 0.25) is 5.16 Å². The largest absolute Gasteiger partial charge is 0.496 e. The van der Waals surface area contributed by atoms with Crippen LogP contribution < -0.4 is 4.74 Å². The van der Waals surface area contributed by atoms with Crippen LogP contribution in [0.5, 0.6) is 5.75 Å². The highest BCUT2D eigenvalue weighted by Gasteiger charge is 2.18. The summed E-state index contributed by atoms with van der Waals surface area (Å²) in [6.45, 7) is 5.52. The lowest BCUT2D eigenvalue weighted by atomic mass is 10.2. The van der Waals surface area contributed by atoms with Gasteiger partial charge in [0.25, 0.3) is 0 Å². The third-order valence-electron chi connectivity index (χ3n) is 4.82. The number of nitrogens with zero attached hydrogens (tertiary/aromatic N) is 3. The fourth-order valence-electron chi connectivity index (χ4n) is 3.30. The minimum atomic E-state index is 0.0535. The summed E-state index contributed by atoms with van der Waals surface area (Å²) in [5.74, 6) is 1.49. The highest BCUT2D eigenvalue weighted by Crippen LogP contribution is 2.31. The summed E-state index contributed by atoms with van der Waals surface area (Å²) in [7, 11) is 3.28. The number of carbonyl (C=O) groups excluding carboxylic acids is 1. The van der Waals surface area contributed by atoms with Crippen LogP contribution in [0.3, 0.4) is 0 Å². The topological polar surface area (TPSA) is 82.0 Å². The van der Waals surface area contributed by atoms with E-state index in [2.05, 4.69) is 19.7 Å². The second-order valence-electron chi connectivity index (χ2n) is 6.81. The zero-order valence-corrected chi connectivity index (χ0v) is 19.1. The predicted octanol–water partition coefficient (Wildman–Crippen LogP) is 4.56. The zero-order chi connectivity index (χ0) is 21.7. The van der Waals surface area contributed by atoms with Crippen molar-refractivity contribution in [2.24, 2.45) is 0 Å². The number of ketones is 1. The van der Waals surface area contributed by atoms with Crippen LogP contribution in [0.4, 0.5) is 0 Å². The number of aromatic nitrogens is 4. The molecule has 0 spiro atoms. The van der Waals surface area contributed by atoms with Gasteiger partial charge in [-0.3, -0.25) is 9.89 Å². The summed E-state index contributed by atoms with van der Waals surface area (Å²) in [6, 6.07) is 7.24. The molecule has 1 N–H and O–H groups in total. The van der Waals surface area contributed by atoms with Gasteiger partial charge < -0.3 is 14.0 Å². The number of benzene rings is 1. The van der Waals surface area contributed by atoms with Crippen LogP contribution in [-0.4, -0.2) is 52.1 Å². The molecule has 0 bridgehead atoms. The third-order valence-corrected chi connectivity index (χ3v) is 5.90. The van der Waals surface area contributed by atoms with E-state index in [1.165, 1.54) is 11.8 Å².